The highest BCUT2D eigenvalue weighted by molar-refractivity contribution is 6.13. The molecule has 0 bridgehead atoms. The zero-order valence-corrected chi connectivity index (χ0v) is 10.2. The van der Waals surface area contributed by atoms with Crippen molar-refractivity contribution in [3.8, 4) is 0 Å². The van der Waals surface area contributed by atoms with Gasteiger partial charge in [0.2, 0.25) is 0 Å². The quantitative estimate of drug-likeness (QED) is 0.669. The molecular weight excluding hydrogens is 204 g/mol. The summed E-state index contributed by atoms with van der Waals surface area (Å²) in [5.41, 5.74) is -0.280. The Hall–Kier alpha value is -1.16. The molecule has 4 heteroatoms. The summed E-state index contributed by atoms with van der Waals surface area (Å²) in [5.74, 6) is -0.384. The molecule has 0 saturated carbocycles. The van der Waals surface area contributed by atoms with Crippen LogP contribution in [0.25, 0.3) is 0 Å². The predicted molar refractivity (Wildman–Crippen MR) is 60.7 cm³/mol. The SMILES string of the molecule is CC1(C)CC(N2C(=O)C=CC2=O)C(C)(C)N1. The Bertz CT molecular complexity index is 364. The third kappa shape index (κ3) is 1.67. The lowest BCUT2D eigenvalue weighted by Crippen LogP contribution is -2.53. The van der Waals surface area contributed by atoms with Crippen molar-refractivity contribution in [3.05, 3.63) is 12.2 Å². The highest BCUT2D eigenvalue weighted by Crippen LogP contribution is 2.35. The van der Waals surface area contributed by atoms with E-state index in [-0.39, 0.29) is 28.9 Å². The monoisotopic (exact) mass is 222 g/mol. The van der Waals surface area contributed by atoms with Crippen LogP contribution in [0.1, 0.15) is 34.1 Å². The lowest BCUT2D eigenvalue weighted by Gasteiger charge is -2.33. The van der Waals surface area contributed by atoms with Gasteiger partial charge in [-0.25, -0.2) is 0 Å². The first-order chi connectivity index (χ1) is 7.23. The van der Waals surface area contributed by atoms with Crippen LogP contribution in [0.4, 0.5) is 0 Å². The minimum atomic E-state index is -0.235. The molecule has 0 aromatic rings. The van der Waals surface area contributed by atoms with E-state index in [1.807, 2.05) is 13.8 Å². The molecule has 1 atom stereocenters. The van der Waals surface area contributed by atoms with Crippen molar-refractivity contribution in [2.75, 3.05) is 0 Å². The number of nitrogens with zero attached hydrogens (tertiary/aromatic N) is 1. The molecule has 1 saturated heterocycles. The Labute approximate surface area is 95.7 Å². The summed E-state index contributed by atoms with van der Waals surface area (Å²) in [4.78, 5) is 24.7. The largest absolute Gasteiger partial charge is 0.305 e. The fourth-order valence-electron chi connectivity index (χ4n) is 2.88. The maximum absolute atomic E-state index is 11.7. The van der Waals surface area contributed by atoms with Gasteiger partial charge >= 0.3 is 0 Å². The van der Waals surface area contributed by atoms with E-state index in [0.29, 0.717) is 0 Å². The van der Waals surface area contributed by atoms with Crippen LogP contribution in [-0.2, 0) is 9.59 Å². The third-order valence-corrected chi connectivity index (χ3v) is 3.35. The van der Waals surface area contributed by atoms with Crippen LogP contribution < -0.4 is 5.32 Å². The number of imide groups is 1. The lowest BCUT2D eigenvalue weighted by atomic mass is 9.93. The molecule has 0 spiro atoms. The van der Waals surface area contributed by atoms with Crippen LogP contribution in [0, 0.1) is 0 Å². The van der Waals surface area contributed by atoms with E-state index in [9.17, 15) is 9.59 Å². The fourth-order valence-corrected chi connectivity index (χ4v) is 2.88. The predicted octanol–water partition coefficient (Wildman–Crippen LogP) is 0.830. The van der Waals surface area contributed by atoms with E-state index in [4.69, 9.17) is 0 Å². The van der Waals surface area contributed by atoms with Gasteiger partial charge in [-0.05, 0) is 34.1 Å². The zero-order chi connectivity index (χ0) is 12.1. The second kappa shape index (κ2) is 3.17. The van der Waals surface area contributed by atoms with E-state index in [0.717, 1.165) is 6.42 Å². The Morgan fingerprint density at radius 2 is 1.69 bits per heavy atom. The zero-order valence-electron chi connectivity index (χ0n) is 10.2. The smallest absolute Gasteiger partial charge is 0.253 e. The summed E-state index contributed by atoms with van der Waals surface area (Å²) < 4.78 is 0. The molecule has 2 rings (SSSR count). The van der Waals surface area contributed by atoms with Gasteiger partial charge in [0.1, 0.15) is 0 Å². The van der Waals surface area contributed by atoms with Crippen LogP contribution in [0.5, 0.6) is 0 Å². The maximum atomic E-state index is 11.7. The number of hydrogen-bond acceptors (Lipinski definition) is 3. The molecule has 0 radical (unpaired) electrons. The van der Waals surface area contributed by atoms with Crippen LogP contribution >= 0.6 is 0 Å². The second-order valence-corrected chi connectivity index (χ2v) is 5.83. The van der Waals surface area contributed by atoms with E-state index in [1.165, 1.54) is 17.1 Å². The van der Waals surface area contributed by atoms with E-state index in [1.54, 1.807) is 0 Å². The molecule has 2 aliphatic rings. The molecule has 1 N–H and O–H groups in total. The molecule has 1 fully saturated rings. The molecule has 0 aliphatic carbocycles. The van der Waals surface area contributed by atoms with Gasteiger partial charge in [0, 0.05) is 23.2 Å². The molecule has 2 amide bonds. The first kappa shape index (κ1) is 11.3. The van der Waals surface area contributed by atoms with Crippen molar-refractivity contribution in [1.82, 2.24) is 10.2 Å². The van der Waals surface area contributed by atoms with Crippen molar-refractivity contribution in [1.29, 1.82) is 0 Å². The van der Waals surface area contributed by atoms with Crippen LogP contribution in [0.15, 0.2) is 12.2 Å². The van der Waals surface area contributed by atoms with Gasteiger partial charge in [0.25, 0.3) is 11.8 Å². The van der Waals surface area contributed by atoms with Crippen LogP contribution in [-0.4, -0.2) is 33.8 Å². The van der Waals surface area contributed by atoms with Crippen molar-refractivity contribution in [2.45, 2.75) is 51.2 Å². The summed E-state index contributed by atoms with van der Waals surface area (Å²) in [6.45, 7) is 8.25. The summed E-state index contributed by atoms with van der Waals surface area (Å²) >= 11 is 0. The Balaban J connectivity index is 2.29. The van der Waals surface area contributed by atoms with Crippen molar-refractivity contribution >= 4 is 11.8 Å². The van der Waals surface area contributed by atoms with Gasteiger partial charge < -0.3 is 5.32 Å². The molecular formula is C12H18N2O2. The van der Waals surface area contributed by atoms with E-state index < -0.39 is 0 Å². The number of hydrogen-bond donors (Lipinski definition) is 1. The molecule has 4 nitrogen and oxygen atoms in total. The molecule has 0 aromatic heterocycles. The first-order valence-corrected chi connectivity index (χ1v) is 5.57. The van der Waals surface area contributed by atoms with Crippen molar-refractivity contribution in [2.24, 2.45) is 0 Å². The Morgan fingerprint density at radius 1 is 1.19 bits per heavy atom. The van der Waals surface area contributed by atoms with Gasteiger partial charge in [-0.1, -0.05) is 0 Å². The van der Waals surface area contributed by atoms with Gasteiger partial charge in [-0.3, -0.25) is 14.5 Å². The summed E-state index contributed by atoms with van der Waals surface area (Å²) in [6.07, 6.45) is 3.49. The molecule has 1 unspecified atom stereocenters. The molecule has 2 heterocycles. The molecule has 2 aliphatic heterocycles. The Kier molecular flexibility index (Phi) is 2.24. The minimum absolute atomic E-state index is 0.0443. The van der Waals surface area contributed by atoms with Crippen LogP contribution in [0.3, 0.4) is 0 Å². The first-order valence-electron chi connectivity index (χ1n) is 5.57. The number of amides is 2. The van der Waals surface area contributed by atoms with E-state index >= 15 is 0 Å². The average molecular weight is 222 g/mol. The van der Waals surface area contributed by atoms with Gasteiger partial charge in [-0.2, -0.15) is 0 Å². The lowest BCUT2D eigenvalue weighted by molar-refractivity contribution is -0.140. The number of rotatable bonds is 1. The highest BCUT2D eigenvalue weighted by atomic mass is 16.2. The fraction of sp³-hybridized carbons (Fsp3) is 0.667. The standard InChI is InChI=1S/C12H18N2O2/c1-11(2)7-8(12(3,4)13-11)14-9(15)5-6-10(14)16/h5-6,8,13H,7H2,1-4H3. The highest BCUT2D eigenvalue weighted by Gasteiger charge is 2.50. The second-order valence-electron chi connectivity index (χ2n) is 5.83. The molecule has 88 valence electrons. The molecule has 16 heavy (non-hydrogen) atoms. The topological polar surface area (TPSA) is 49.4 Å². The average Bonchev–Trinajstić information content (AvgIpc) is 2.50. The van der Waals surface area contributed by atoms with Crippen molar-refractivity contribution in [3.63, 3.8) is 0 Å². The maximum Gasteiger partial charge on any atom is 0.253 e. The van der Waals surface area contributed by atoms with Gasteiger partial charge in [0.05, 0.1) is 6.04 Å². The molecule has 0 aromatic carbocycles. The number of nitrogens with one attached hydrogen (secondary N) is 1. The summed E-state index contributed by atoms with van der Waals surface area (Å²) in [7, 11) is 0. The van der Waals surface area contributed by atoms with Crippen LogP contribution in [0.2, 0.25) is 0 Å². The Morgan fingerprint density at radius 3 is 2.06 bits per heavy atom. The number of carbonyl (C=O) groups is 2. The normalized spacial score (nSPS) is 31.5. The minimum Gasteiger partial charge on any atom is -0.305 e. The summed E-state index contributed by atoms with van der Waals surface area (Å²) in [6, 6.07) is -0.0718. The van der Waals surface area contributed by atoms with E-state index in [2.05, 4.69) is 19.2 Å². The third-order valence-electron chi connectivity index (χ3n) is 3.35. The number of carbonyl (C=O) groups excluding carboxylic acids is 2. The van der Waals surface area contributed by atoms with Gasteiger partial charge in [-0.15, -0.1) is 0 Å². The van der Waals surface area contributed by atoms with Crippen molar-refractivity contribution < 1.29 is 9.59 Å². The van der Waals surface area contributed by atoms with Gasteiger partial charge in [0.15, 0.2) is 0 Å². The summed E-state index contributed by atoms with van der Waals surface area (Å²) in [5, 5.41) is 3.46.